The summed E-state index contributed by atoms with van der Waals surface area (Å²) in [7, 11) is 4.19. The molecular formula is C19H30N6O. The van der Waals surface area contributed by atoms with Crippen LogP contribution in [0.25, 0.3) is 0 Å². The Morgan fingerprint density at radius 2 is 2.08 bits per heavy atom. The molecule has 4 heterocycles. The van der Waals surface area contributed by atoms with Crippen molar-refractivity contribution in [3.8, 4) is 0 Å². The van der Waals surface area contributed by atoms with Gasteiger partial charge in [-0.05, 0) is 52.1 Å². The lowest BCUT2D eigenvalue weighted by molar-refractivity contribution is -0.149. The van der Waals surface area contributed by atoms with Crippen molar-refractivity contribution < 1.29 is 4.79 Å². The van der Waals surface area contributed by atoms with Crippen LogP contribution in [0.3, 0.4) is 0 Å². The first kappa shape index (κ1) is 17.5. The molecular weight excluding hydrogens is 328 g/mol. The lowest BCUT2D eigenvalue weighted by atomic mass is 9.72. The molecule has 0 spiro atoms. The Hall–Kier alpha value is -1.89. The van der Waals surface area contributed by atoms with Crippen LogP contribution in [0.5, 0.6) is 0 Å². The van der Waals surface area contributed by atoms with E-state index in [-0.39, 0.29) is 6.04 Å². The van der Waals surface area contributed by atoms with E-state index < -0.39 is 0 Å². The maximum atomic E-state index is 12.7. The summed E-state index contributed by atoms with van der Waals surface area (Å²) in [5, 5.41) is 0. The minimum Gasteiger partial charge on any atom is -0.383 e. The molecule has 2 bridgehead atoms. The first-order valence-corrected chi connectivity index (χ1v) is 9.74. The number of aryl methyl sites for hydroxylation is 1. The van der Waals surface area contributed by atoms with Gasteiger partial charge < -0.3 is 20.4 Å². The topological polar surface area (TPSA) is 78.6 Å². The van der Waals surface area contributed by atoms with Crippen LogP contribution in [0.15, 0.2) is 6.20 Å². The maximum Gasteiger partial charge on any atom is 0.227 e. The number of carbonyl (C=O) groups excluding carboxylic acids is 1. The number of aromatic nitrogens is 2. The summed E-state index contributed by atoms with van der Waals surface area (Å²) in [5.41, 5.74) is 6.94. The molecule has 1 amide bonds. The Morgan fingerprint density at radius 3 is 2.81 bits per heavy atom. The largest absolute Gasteiger partial charge is 0.383 e. The molecule has 26 heavy (non-hydrogen) atoms. The smallest absolute Gasteiger partial charge is 0.227 e. The van der Waals surface area contributed by atoms with Crippen LogP contribution in [0.2, 0.25) is 0 Å². The quantitative estimate of drug-likeness (QED) is 0.873. The highest BCUT2D eigenvalue weighted by molar-refractivity contribution is 5.78. The SMILES string of the molecule is Cc1cnc(N2C[C@H]3C[C@@H](C2)[C@H](CN(C)C)N2C(=O)CCC[C@@H]32)nc1N. The van der Waals surface area contributed by atoms with Gasteiger partial charge in [-0.3, -0.25) is 4.79 Å². The Kier molecular flexibility index (Phi) is 4.50. The lowest BCUT2D eigenvalue weighted by Crippen LogP contribution is -2.67. The fraction of sp³-hybridized carbons (Fsp3) is 0.737. The third kappa shape index (κ3) is 3.02. The Morgan fingerprint density at radius 1 is 1.31 bits per heavy atom. The number of nitrogen functional groups attached to an aromatic ring is 1. The fourth-order valence-corrected chi connectivity index (χ4v) is 5.14. The number of nitrogens with two attached hydrogens (primary N) is 1. The number of piperidine rings is 3. The van der Waals surface area contributed by atoms with Crippen molar-refractivity contribution in [3.05, 3.63) is 11.8 Å². The number of fused-ring (bicyclic) bond motifs is 4. The zero-order valence-corrected chi connectivity index (χ0v) is 16.1. The second-order valence-electron chi connectivity index (χ2n) is 8.49. The minimum absolute atomic E-state index is 0.282. The van der Waals surface area contributed by atoms with Gasteiger partial charge in [0.1, 0.15) is 5.82 Å². The molecule has 4 rings (SSSR count). The van der Waals surface area contributed by atoms with Crippen LogP contribution in [-0.2, 0) is 4.79 Å². The van der Waals surface area contributed by atoms with E-state index in [0.29, 0.717) is 36.0 Å². The predicted octanol–water partition coefficient (Wildman–Crippen LogP) is 1.13. The van der Waals surface area contributed by atoms with Crippen molar-refractivity contribution in [1.82, 2.24) is 19.8 Å². The molecule has 4 atom stereocenters. The summed E-state index contributed by atoms with van der Waals surface area (Å²) in [4.78, 5) is 28.6. The molecule has 3 fully saturated rings. The molecule has 0 aromatic carbocycles. The fourth-order valence-electron chi connectivity index (χ4n) is 5.14. The van der Waals surface area contributed by atoms with E-state index >= 15 is 0 Å². The van der Waals surface area contributed by atoms with Gasteiger partial charge in [-0.15, -0.1) is 0 Å². The molecule has 0 unspecified atom stereocenters. The second kappa shape index (κ2) is 6.68. The van der Waals surface area contributed by atoms with Crippen molar-refractivity contribution in [3.63, 3.8) is 0 Å². The van der Waals surface area contributed by atoms with Crippen LogP contribution in [0.1, 0.15) is 31.2 Å². The molecule has 142 valence electrons. The van der Waals surface area contributed by atoms with Gasteiger partial charge >= 0.3 is 0 Å². The number of hydrogen-bond donors (Lipinski definition) is 1. The number of rotatable bonds is 3. The van der Waals surface area contributed by atoms with Crippen molar-refractivity contribution in [2.75, 3.05) is 44.4 Å². The predicted molar refractivity (Wildman–Crippen MR) is 102 cm³/mol. The standard InChI is InChI=1S/C19H30N6O/c1-12-8-21-19(22-18(12)20)24-9-13-7-14(10-24)16(11-23(2)3)25-15(13)5-4-6-17(25)26/h8,13-16H,4-7,9-11H2,1-3H3,(H2,20,21,22)/t13-,14+,15+,16+/m1/s1. The average molecular weight is 358 g/mol. The van der Waals surface area contributed by atoms with Gasteiger partial charge in [-0.1, -0.05) is 0 Å². The molecule has 3 aliphatic rings. The third-order valence-electron chi connectivity index (χ3n) is 6.33. The van der Waals surface area contributed by atoms with Crippen LogP contribution < -0.4 is 10.6 Å². The molecule has 0 radical (unpaired) electrons. The van der Waals surface area contributed by atoms with Crippen LogP contribution in [0.4, 0.5) is 11.8 Å². The van der Waals surface area contributed by atoms with E-state index in [0.717, 1.165) is 44.0 Å². The summed E-state index contributed by atoms with van der Waals surface area (Å²) in [6, 6.07) is 0.646. The van der Waals surface area contributed by atoms with Crippen LogP contribution in [-0.4, -0.2) is 71.5 Å². The Balaban J connectivity index is 1.63. The first-order chi connectivity index (χ1) is 12.4. The van der Waals surface area contributed by atoms with Gasteiger partial charge in [0, 0.05) is 49.9 Å². The van der Waals surface area contributed by atoms with Gasteiger partial charge in [0.2, 0.25) is 11.9 Å². The molecule has 0 aliphatic carbocycles. The minimum atomic E-state index is 0.282. The van der Waals surface area contributed by atoms with Gasteiger partial charge in [0.25, 0.3) is 0 Å². The van der Waals surface area contributed by atoms with Crippen molar-refractivity contribution >= 4 is 17.7 Å². The maximum absolute atomic E-state index is 12.7. The number of carbonyl (C=O) groups is 1. The first-order valence-electron chi connectivity index (χ1n) is 9.74. The number of nitrogens with zero attached hydrogens (tertiary/aromatic N) is 5. The summed E-state index contributed by atoms with van der Waals surface area (Å²) in [6.07, 6.45) is 5.86. The lowest BCUT2D eigenvalue weighted by Gasteiger charge is -2.57. The number of anilines is 2. The Bertz CT molecular complexity index is 693. The highest BCUT2D eigenvalue weighted by atomic mass is 16.2. The van der Waals surface area contributed by atoms with Crippen molar-refractivity contribution in [2.24, 2.45) is 11.8 Å². The van der Waals surface area contributed by atoms with Crippen LogP contribution in [0, 0.1) is 18.8 Å². The van der Waals surface area contributed by atoms with Gasteiger partial charge in [0.15, 0.2) is 0 Å². The van der Waals surface area contributed by atoms with Gasteiger partial charge in [-0.25, -0.2) is 4.98 Å². The molecule has 1 aromatic heterocycles. The molecule has 7 heteroatoms. The zero-order chi connectivity index (χ0) is 18.4. The van der Waals surface area contributed by atoms with Crippen molar-refractivity contribution in [2.45, 2.75) is 44.7 Å². The Labute approximate surface area is 155 Å². The molecule has 3 saturated heterocycles. The average Bonchev–Trinajstić information content (AvgIpc) is 2.61. The molecule has 2 N–H and O–H groups in total. The van der Waals surface area contributed by atoms with E-state index in [4.69, 9.17) is 5.73 Å². The van der Waals surface area contributed by atoms with E-state index in [9.17, 15) is 4.79 Å². The number of hydrogen-bond acceptors (Lipinski definition) is 6. The zero-order valence-electron chi connectivity index (χ0n) is 16.1. The summed E-state index contributed by atoms with van der Waals surface area (Å²) in [6.45, 7) is 4.67. The van der Waals surface area contributed by atoms with E-state index in [1.54, 1.807) is 0 Å². The van der Waals surface area contributed by atoms with E-state index in [1.807, 2.05) is 13.1 Å². The monoisotopic (exact) mass is 358 g/mol. The highest BCUT2D eigenvalue weighted by Gasteiger charge is 2.49. The number of likely N-dealkylation sites (N-methyl/N-ethyl adjacent to an activating group) is 1. The molecule has 0 saturated carbocycles. The number of amides is 1. The molecule has 1 aromatic rings. The molecule has 3 aliphatic heterocycles. The van der Waals surface area contributed by atoms with Gasteiger partial charge in [-0.2, -0.15) is 4.98 Å². The van der Waals surface area contributed by atoms with Crippen molar-refractivity contribution in [1.29, 1.82) is 0 Å². The van der Waals surface area contributed by atoms with E-state index in [1.165, 1.54) is 6.42 Å². The highest BCUT2D eigenvalue weighted by Crippen LogP contribution is 2.42. The summed E-state index contributed by atoms with van der Waals surface area (Å²) < 4.78 is 0. The molecule has 7 nitrogen and oxygen atoms in total. The normalized spacial score (nSPS) is 31.3. The van der Waals surface area contributed by atoms with Gasteiger partial charge in [0.05, 0.1) is 0 Å². The van der Waals surface area contributed by atoms with Crippen LogP contribution >= 0.6 is 0 Å². The summed E-state index contributed by atoms with van der Waals surface area (Å²) >= 11 is 0. The summed E-state index contributed by atoms with van der Waals surface area (Å²) in [5.74, 6) is 2.61. The second-order valence-corrected chi connectivity index (χ2v) is 8.49. The third-order valence-corrected chi connectivity index (χ3v) is 6.33. The van der Waals surface area contributed by atoms with E-state index in [2.05, 4.69) is 38.8 Å².